The lowest BCUT2D eigenvalue weighted by atomic mass is 10.2. The molecule has 0 atom stereocenters. The van der Waals surface area contributed by atoms with E-state index in [1.54, 1.807) is 13.3 Å². The monoisotopic (exact) mass is 253 g/mol. The van der Waals surface area contributed by atoms with E-state index in [1.165, 1.54) is 0 Å². The lowest BCUT2D eigenvalue weighted by Crippen LogP contribution is -2.24. The molecule has 0 saturated heterocycles. The van der Waals surface area contributed by atoms with Gasteiger partial charge in [-0.25, -0.2) is 4.98 Å². The number of aliphatic hydroxyl groups is 1. The molecule has 1 heterocycles. The van der Waals surface area contributed by atoms with E-state index < -0.39 is 0 Å². The van der Waals surface area contributed by atoms with Gasteiger partial charge in [-0.1, -0.05) is 6.07 Å². The number of anilines is 1. The highest BCUT2D eigenvalue weighted by molar-refractivity contribution is 5.45. The van der Waals surface area contributed by atoms with Crippen LogP contribution < -0.4 is 10.2 Å². The number of ether oxygens (including phenoxy) is 1. The van der Waals surface area contributed by atoms with E-state index in [-0.39, 0.29) is 6.61 Å². The quantitative estimate of drug-likeness (QED) is 0.632. The highest BCUT2D eigenvalue weighted by Crippen LogP contribution is 2.15. The number of rotatable bonds is 9. The molecule has 0 bridgehead atoms. The van der Waals surface area contributed by atoms with Gasteiger partial charge in [0.25, 0.3) is 0 Å². The van der Waals surface area contributed by atoms with Crippen LogP contribution in [-0.4, -0.2) is 50.6 Å². The number of methoxy groups -OCH3 is 1. The van der Waals surface area contributed by atoms with Gasteiger partial charge in [-0.2, -0.15) is 0 Å². The number of hydrogen-bond donors (Lipinski definition) is 2. The van der Waals surface area contributed by atoms with Gasteiger partial charge in [-0.15, -0.1) is 0 Å². The predicted octanol–water partition coefficient (Wildman–Crippen LogP) is 0.636. The normalized spacial score (nSPS) is 10.6. The fraction of sp³-hybridized carbons (Fsp3) is 0.615. The lowest BCUT2D eigenvalue weighted by Gasteiger charge is -2.20. The molecule has 0 aromatic carbocycles. The topological polar surface area (TPSA) is 57.6 Å². The van der Waals surface area contributed by atoms with Crippen LogP contribution >= 0.6 is 0 Å². The fourth-order valence-electron chi connectivity index (χ4n) is 1.72. The molecular formula is C13H23N3O2. The Balaban J connectivity index is 2.55. The van der Waals surface area contributed by atoms with Crippen LogP contribution in [0, 0.1) is 0 Å². The van der Waals surface area contributed by atoms with Crippen LogP contribution in [0.1, 0.15) is 12.0 Å². The van der Waals surface area contributed by atoms with Gasteiger partial charge < -0.3 is 20.1 Å². The molecule has 0 amide bonds. The van der Waals surface area contributed by atoms with Crippen LogP contribution in [0.4, 0.5) is 5.82 Å². The summed E-state index contributed by atoms with van der Waals surface area (Å²) in [5, 5.41) is 12.2. The maximum absolute atomic E-state index is 8.86. The first kappa shape index (κ1) is 14.9. The van der Waals surface area contributed by atoms with Crippen LogP contribution in [0.2, 0.25) is 0 Å². The summed E-state index contributed by atoms with van der Waals surface area (Å²) in [6.45, 7) is 3.31. The van der Waals surface area contributed by atoms with Crippen molar-refractivity contribution in [2.24, 2.45) is 0 Å². The number of aliphatic hydroxyl groups excluding tert-OH is 1. The van der Waals surface area contributed by atoms with E-state index in [2.05, 4.69) is 21.3 Å². The summed E-state index contributed by atoms with van der Waals surface area (Å²) >= 11 is 0. The number of pyridine rings is 1. The minimum absolute atomic E-state index is 0.207. The van der Waals surface area contributed by atoms with Gasteiger partial charge in [0.2, 0.25) is 0 Å². The maximum Gasteiger partial charge on any atom is 0.132 e. The molecule has 0 radical (unpaired) electrons. The number of hydrogen-bond acceptors (Lipinski definition) is 5. The van der Waals surface area contributed by atoms with Crippen LogP contribution in [-0.2, 0) is 11.3 Å². The highest BCUT2D eigenvalue weighted by Gasteiger charge is 2.07. The van der Waals surface area contributed by atoms with Gasteiger partial charge >= 0.3 is 0 Å². The number of aromatic nitrogens is 1. The van der Waals surface area contributed by atoms with Gasteiger partial charge in [0, 0.05) is 52.2 Å². The molecule has 0 fully saturated rings. The van der Waals surface area contributed by atoms with E-state index in [9.17, 15) is 0 Å². The Morgan fingerprint density at radius 2 is 2.33 bits per heavy atom. The molecule has 1 aromatic heterocycles. The van der Waals surface area contributed by atoms with Gasteiger partial charge in [0.05, 0.1) is 6.61 Å². The van der Waals surface area contributed by atoms with E-state index in [0.717, 1.165) is 37.4 Å². The van der Waals surface area contributed by atoms with Gasteiger partial charge in [0.15, 0.2) is 0 Å². The highest BCUT2D eigenvalue weighted by atomic mass is 16.5. The Morgan fingerprint density at radius 3 is 3.06 bits per heavy atom. The van der Waals surface area contributed by atoms with Gasteiger partial charge in [0.1, 0.15) is 5.82 Å². The third-order valence-electron chi connectivity index (χ3n) is 2.68. The molecule has 5 heteroatoms. The Kier molecular flexibility index (Phi) is 7.32. The van der Waals surface area contributed by atoms with Crippen LogP contribution in [0.5, 0.6) is 0 Å². The van der Waals surface area contributed by atoms with Gasteiger partial charge in [-0.05, 0) is 12.5 Å². The SMILES string of the molecule is COCCNCc1cccnc1N(C)CCCO. The average molecular weight is 253 g/mol. The minimum atomic E-state index is 0.207. The van der Waals surface area contributed by atoms with E-state index in [0.29, 0.717) is 6.61 Å². The summed E-state index contributed by atoms with van der Waals surface area (Å²) in [6.07, 6.45) is 2.55. The second kappa shape index (κ2) is 8.85. The van der Waals surface area contributed by atoms with E-state index >= 15 is 0 Å². The largest absolute Gasteiger partial charge is 0.396 e. The Hall–Kier alpha value is -1.17. The van der Waals surface area contributed by atoms with Crippen molar-refractivity contribution in [3.8, 4) is 0 Å². The molecule has 18 heavy (non-hydrogen) atoms. The van der Waals surface area contributed by atoms with Crippen molar-refractivity contribution in [2.75, 3.05) is 45.4 Å². The molecule has 2 N–H and O–H groups in total. The molecule has 0 aliphatic heterocycles. The smallest absolute Gasteiger partial charge is 0.132 e. The molecule has 0 aliphatic carbocycles. The van der Waals surface area contributed by atoms with Crippen LogP contribution in [0.3, 0.4) is 0 Å². The van der Waals surface area contributed by atoms with E-state index in [1.807, 2.05) is 13.1 Å². The first-order valence-corrected chi connectivity index (χ1v) is 6.25. The molecule has 1 rings (SSSR count). The Bertz CT molecular complexity index is 334. The van der Waals surface area contributed by atoms with Crippen LogP contribution in [0.15, 0.2) is 18.3 Å². The Labute approximate surface area is 109 Å². The zero-order valence-corrected chi connectivity index (χ0v) is 11.2. The molecular weight excluding hydrogens is 230 g/mol. The summed E-state index contributed by atoms with van der Waals surface area (Å²) in [5.41, 5.74) is 1.16. The zero-order chi connectivity index (χ0) is 13.2. The molecule has 1 aromatic rings. The van der Waals surface area contributed by atoms with Crippen molar-refractivity contribution in [2.45, 2.75) is 13.0 Å². The van der Waals surface area contributed by atoms with Crippen molar-refractivity contribution >= 4 is 5.82 Å². The van der Waals surface area contributed by atoms with E-state index in [4.69, 9.17) is 9.84 Å². The summed E-state index contributed by atoms with van der Waals surface area (Å²) < 4.78 is 4.99. The summed E-state index contributed by atoms with van der Waals surface area (Å²) in [4.78, 5) is 6.48. The molecule has 102 valence electrons. The van der Waals surface area contributed by atoms with Crippen molar-refractivity contribution in [1.82, 2.24) is 10.3 Å². The third-order valence-corrected chi connectivity index (χ3v) is 2.68. The maximum atomic E-state index is 8.86. The second-order valence-electron chi connectivity index (χ2n) is 4.15. The molecule has 0 spiro atoms. The average Bonchev–Trinajstić information content (AvgIpc) is 2.41. The minimum Gasteiger partial charge on any atom is -0.396 e. The standard InChI is InChI=1S/C13H23N3O2/c1-16(8-4-9-17)13-12(5-3-6-15-13)11-14-7-10-18-2/h3,5-6,14,17H,4,7-11H2,1-2H3. The number of nitrogens with zero attached hydrogens (tertiary/aromatic N) is 2. The van der Waals surface area contributed by atoms with Gasteiger partial charge in [-0.3, -0.25) is 0 Å². The molecule has 0 aliphatic rings. The molecule has 5 nitrogen and oxygen atoms in total. The predicted molar refractivity (Wildman–Crippen MR) is 72.8 cm³/mol. The third kappa shape index (κ3) is 5.00. The first-order chi connectivity index (χ1) is 8.79. The first-order valence-electron chi connectivity index (χ1n) is 6.25. The Morgan fingerprint density at radius 1 is 1.50 bits per heavy atom. The summed E-state index contributed by atoms with van der Waals surface area (Å²) in [7, 11) is 3.69. The summed E-state index contributed by atoms with van der Waals surface area (Å²) in [6, 6.07) is 4.01. The van der Waals surface area contributed by atoms with Crippen molar-refractivity contribution in [1.29, 1.82) is 0 Å². The lowest BCUT2D eigenvalue weighted by molar-refractivity contribution is 0.199. The fourth-order valence-corrected chi connectivity index (χ4v) is 1.72. The van der Waals surface area contributed by atoms with Crippen LogP contribution in [0.25, 0.3) is 0 Å². The molecule has 0 saturated carbocycles. The van der Waals surface area contributed by atoms with Crippen molar-refractivity contribution in [3.05, 3.63) is 23.9 Å². The van der Waals surface area contributed by atoms with Crippen molar-refractivity contribution < 1.29 is 9.84 Å². The number of nitrogens with one attached hydrogen (secondary N) is 1. The summed E-state index contributed by atoms with van der Waals surface area (Å²) in [5.74, 6) is 0.968. The second-order valence-corrected chi connectivity index (χ2v) is 4.15. The zero-order valence-electron chi connectivity index (χ0n) is 11.2. The van der Waals surface area contributed by atoms with Crippen molar-refractivity contribution in [3.63, 3.8) is 0 Å². The molecule has 0 unspecified atom stereocenters.